The number of ether oxygens (including phenoxy) is 2. The van der Waals surface area contributed by atoms with Crippen LogP contribution in [0.1, 0.15) is 50.2 Å². The Labute approximate surface area is 215 Å². The van der Waals surface area contributed by atoms with Crippen LogP contribution in [-0.4, -0.2) is 43.7 Å². The molecule has 3 atom stereocenters. The lowest BCUT2D eigenvalue weighted by Crippen LogP contribution is -2.48. The first-order valence-electron chi connectivity index (χ1n) is 12.3. The maximum Gasteiger partial charge on any atom is 0.180 e. The zero-order valence-corrected chi connectivity index (χ0v) is 21.1. The summed E-state index contributed by atoms with van der Waals surface area (Å²) >= 11 is 0. The van der Waals surface area contributed by atoms with Gasteiger partial charge in [0.15, 0.2) is 17.3 Å². The van der Waals surface area contributed by atoms with Crippen LogP contribution < -0.4 is 14.4 Å². The Morgan fingerprint density at radius 2 is 1.62 bits per heavy atom. The second kappa shape index (κ2) is 8.17. The van der Waals surface area contributed by atoms with E-state index in [0.29, 0.717) is 28.2 Å². The van der Waals surface area contributed by atoms with Gasteiger partial charge in [0, 0.05) is 28.3 Å². The molecule has 2 aliphatic heterocycles. The number of methoxy groups -OCH3 is 2. The molecule has 6 nitrogen and oxygen atoms in total. The van der Waals surface area contributed by atoms with Crippen molar-refractivity contribution in [1.82, 2.24) is 0 Å². The molecule has 3 aromatic rings. The topological polar surface area (TPSA) is 72.9 Å². The van der Waals surface area contributed by atoms with E-state index >= 15 is 0 Å². The van der Waals surface area contributed by atoms with Crippen molar-refractivity contribution in [3.05, 3.63) is 94.6 Å². The highest BCUT2D eigenvalue weighted by Crippen LogP contribution is 2.61. The summed E-state index contributed by atoms with van der Waals surface area (Å²) in [5, 5.41) is 0. The molecule has 1 aliphatic carbocycles. The van der Waals surface area contributed by atoms with Crippen LogP contribution in [0.5, 0.6) is 11.5 Å². The third-order valence-electron chi connectivity index (χ3n) is 8.15. The van der Waals surface area contributed by atoms with Crippen molar-refractivity contribution in [2.75, 3.05) is 19.1 Å². The second-order valence-electron chi connectivity index (χ2n) is 9.99. The molecule has 3 aromatic carbocycles. The molecule has 2 heterocycles. The molecule has 1 spiro atoms. The SMILES string of the molecule is COc1ccc(OC)c([C@H]2[C@H](C(C)=O)N3c4ccc(C)cc4C=CC3C23C(=O)c2ccccc2C3=O)c1. The second-order valence-corrected chi connectivity index (χ2v) is 9.99. The van der Waals surface area contributed by atoms with Gasteiger partial charge in [0.25, 0.3) is 0 Å². The van der Waals surface area contributed by atoms with Crippen molar-refractivity contribution < 1.29 is 23.9 Å². The monoisotopic (exact) mass is 493 g/mol. The number of ketones is 3. The smallest absolute Gasteiger partial charge is 0.180 e. The number of fused-ring (bicyclic) bond motifs is 5. The summed E-state index contributed by atoms with van der Waals surface area (Å²) in [7, 11) is 3.11. The predicted molar refractivity (Wildman–Crippen MR) is 141 cm³/mol. The van der Waals surface area contributed by atoms with E-state index in [2.05, 4.69) is 6.07 Å². The first kappa shape index (κ1) is 23.2. The van der Waals surface area contributed by atoms with E-state index in [9.17, 15) is 14.4 Å². The van der Waals surface area contributed by atoms with E-state index in [1.54, 1.807) is 56.7 Å². The standard InChI is InChI=1S/C31H27NO5/c1-17-9-12-24-19(15-17)10-14-26-31(29(34)21-7-5-6-8-22(21)30(31)35)27(28(18(2)33)32(24)26)23-16-20(36-3)11-13-25(23)37-4/h5-16,26-28H,1-4H3/t26?,27-,28-/m0/s1. The molecule has 186 valence electrons. The Kier molecular flexibility index (Phi) is 5.13. The van der Waals surface area contributed by atoms with Crippen LogP contribution in [0.4, 0.5) is 5.69 Å². The summed E-state index contributed by atoms with van der Waals surface area (Å²) in [5.74, 6) is -0.399. The van der Waals surface area contributed by atoms with Gasteiger partial charge in [-0.25, -0.2) is 0 Å². The van der Waals surface area contributed by atoms with Gasteiger partial charge in [0.1, 0.15) is 16.9 Å². The first-order chi connectivity index (χ1) is 17.8. The number of hydrogen-bond acceptors (Lipinski definition) is 6. The number of hydrogen-bond donors (Lipinski definition) is 0. The van der Waals surface area contributed by atoms with E-state index in [4.69, 9.17) is 9.47 Å². The van der Waals surface area contributed by atoms with Gasteiger partial charge in [-0.2, -0.15) is 0 Å². The fraction of sp³-hybridized carbons (Fsp3) is 0.258. The highest BCUT2D eigenvalue weighted by Gasteiger charge is 2.71. The van der Waals surface area contributed by atoms with Gasteiger partial charge in [-0.3, -0.25) is 14.4 Å². The summed E-state index contributed by atoms with van der Waals surface area (Å²) in [5.41, 5.74) is 2.72. The highest BCUT2D eigenvalue weighted by molar-refractivity contribution is 6.32. The molecule has 0 radical (unpaired) electrons. The van der Waals surface area contributed by atoms with E-state index in [0.717, 1.165) is 16.8 Å². The third kappa shape index (κ3) is 2.95. The van der Waals surface area contributed by atoms with Gasteiger partial charge in [-0.05, 0) is 49.7 Å². The predicted octanol–water partition coefficient (Wildman–Crippen LogP) is 5.03. The highest BCUT2D eigenvalue weighted by atomic mass is 16.5. The number of benzene rings is 3. The molecule has 0 saturated carbocycles. The molecular formula is C31H27NO5. The van der Waals surface area contributed by atoms with Gasteiger partial charge < -0.3 is 14.4 Å². The third-order valence-corrected chi connectivity index (χ3v) is 8.15. The number of carbonyl (C=O) groups is 3. The molecule has 3 aliphatic rings. The van der Waals surface area contributed by atoms with Gasteiger partial charge in [-0.1, -0.05) is 48.0 Å². The average Bonchev–Trinajstić information content (AvgIpc) is 3.34. The minimum Gasteiger partial charge on any atom is -0.497 e. The quantitative estimate of drug-likeness (QED) is 0.475. The first-order valence-corrected chi connectivity index (χ1v) is 12.3. The van der Waals surface area contributed by atoms with Gasteiger partial charge in [0.05, 0.1) is 26.3 Å². The van der Waals surface area contributed by atoms with Crippen LogP contribution in [0.15, 0.2) is 66.7 Å². The molecular weight excluding hydrogens is 466 g/mol. The lowest BCUT2D eigenvalue weighted by Gasteiger charge is -2.37. The van der Waals surface area contributed by atoms with Crippen LogP contribution in [0, 0.1) is 12.3 Å². The van der Waals surface area contributed by atoms with E-state index in [1.807, 2.05) is 36.1 Å². The molecule has 6 heteroatoms. The lowest BCUT2D eigenvalue weighted by molar-refractivity contribution is -0.118. The van der Waals surface area contributed by atoms with Crippen molar-refractivity contribution in [2.45, 2.75) is 31.8 Å². The maximum absolute atomic E-state index is 14.5. The number of rotatable bonds is 4. The van der Waals surface area contributed by atoms with Crippen molar-refractivity contribution in [3.63, 3.8) is 0 Å². The molecule has 37 heavy (non-hydrogen) atoms. The van der Waals surface area contributed by atoms with Gasteiger partial charge in [0.2, 0.25) is 0 Å². The molecule has 6 rings (SSSR count). The Bertz CT molecular complexity index is 1480. The number of aryl methyl sites for hydroxylation is 1. The van der Waals surface area contributed by atoms with Gasteiger partial charge >= 0.3 is 0 Å². The van der Waals surface area contributed by atoms with Crippen LogP contribution >= 0.6 is 0 Å². The Morgan fingerprint density at radius 1 is 0.919 bits per heavy atom. The zero-order chi connectivity index (χ0) is 26.1. The van der Waals surface area contributed by atoms with Crippen LogP contribution in [0.25, 0.3) is 6.08 Å². The summed E-state index contributed by atoms with van der Waals surface area (Å²) < 4.78 is 11.3. The Morgan fingerprint density at radius 3 is 2.24 bits per heavy atom. The van der Waals surface area contributed by atoms with Crippen LogP contribution in [-0.2, 0) is 4.79 Å². The number of Topliss-reactive ketones (excluding diaryl/α,β-unsaturated/α-hetero) is 3. The molecule has 1 saturated heterocycles. The number of carbonyl (C=O) groups excluding carboxylic acids is 3. The molecule has 1 unspecified atom stereocenters. The van der Waals surface area contributed by atoms with Crippen LogP contribution in [0.2, 0.25) is 0 Å². The van der Waals surface area contributed by atoms with Crippen LogP contribution in [0.3, 0.4) is 0 Å². The Balaban J connectivity index is 1.71. The molecule has 0 aromatic heterocycles. The molecule has 0 N–H and O–H groups in total. The molecule has 0 amide bonds. The summed E-state index contributed by atoms with van der Waals surface area (Å²) in [6.07, 6.45) is 3.89. The molecule has 0 bridgehead atoms. The van der Waals surface area contributed by atoms with Crippen molar-refractivity contribution >= 4 is 29.1 Å². The number of anilines is 1. The van der Waals surface area contributed by atoms with E-state index < -0.39 is 23.4 Å². The molecule has 1 fully saturated rings. The zero-order valence-electron chi connectivity index (χ0n) is 21.1. The minimum atomic E-state index is -1.54. The Hall–Kier alpha value is -4.19. The lowest BCUT2D eigenvalue weighted by atomic mass is 9.64. The minimum absolute atomic E-state index is 0.130. The van der Waals surface area contributed by atoms with Crippen molar-refractivity contribution in [2.24, 2.45) is 5.41 Å². The van der Waals surface area contributed by atoms with Crippen molar-refractivity contribution in [3.8, 4) is 11.5 Å². The number of nitrogens with zero attached hydrogens (tertiary/aromatic N) is 1. The summed E-state index contributed by atoms with van der Waals surface area (Å²) in [6, 6.07) is 16.9. The van der Waals surface area contributed by atoms with E-state index in [-0.39, 0.29) is 17.3 Å². The summed E-state index contributed by atoms with van der Waals surface area (Å²) in [6.45, 7) is 3.54. The average molecular weight is 494 g/mol. The van der Waals surface area contributed by atoms with Gasteiger partial charge in [-0.15, -0.1) is 0 Å². The van der Waals surface area contributed by atoms with Crippen molar-refractivity contribution in [1.29, 1.82) is 0 Å². The fourth-order valence-electron chi connectivity index (χ4n) is 6.67. The largest absolute Gasteiger partial charge is 0.497 e. The van der Waals surface area contributed by atoms with E-state index in [1.165, 1.54) is 6.92 Å². The fourth-order valence-corrected chi connectivity index (χ4v) is 6.67. The summed E-state index contributed by atoms with van der Waals surface area (Å²) in [4.78, 5) is 44.6. The normalized spacial score (nSPS) is 22.6. The maximum atomic E-state index is 14.5.